The lowest BCUT2D eigenvalue weighted by Crippen LogP contribution is -2.17. The highest BCUT2D eigenvalue weighted by Crippen LogP contribution is 2.26. The number of aromatic nitrogens is 3. The van der Waals surface area contributed by atoms with Crippen LogP contribution in [0.2, 0.25) is 5.02 Å². The van der Waals surface area contributed by atoms with Crippen LogP contribution in [0.25, 0.3) is 22.2 Å². The fraction of sp³-hybridized carbons (Fsp3) is 0.100. The van der Waals surface area contributed by atoms with Gasteiger partial charge in [-0.15, -0.1) is 13.2 Å². The molecule has 0 radical (unpaired) electrons. The highest BCUT2D eigenvalue weighted by Gasteiger charge is 2.30. The van der Waals surface area contributed by atoms with Crippen LogP contribution in [0.1, 0.15) is 5.56 Å². The Morgan fingerprint density at radius 2 is 1.83 bits per heavy atom. The van der Waals surface area contributed by atoms with Gasteiger partial charge in [-0.3, -0.25) is 9.48 Å². The number of halogens is 4. The first-order valence-corrected chi connectivity index (χ1v) is 8.86. The van der Waals surface area contributed by atoms with Crippen LogP contribution in [0.15, 0.2) is 65.7 Å². The first-order valence-electron chi connectivity index (χ1n) is 8.48. The number of hydrogen-bond acceptors (Lipinski definition) is 3. The quantitative estimate of drug-likeness (QED) is 0.507. The van der Waals surface area contributed by atoms with Crippen LogP contribution < -0.4 is 10.2 Å². The van der Waals surface area contributed by atoms with E-state index in [4.69, 9.17) is 11.6 Å². The van der Waals surface area contributed by atoms with Gasteiger partial charge in [0, 0.05) is 22.7 Å². The number of benzene rings is 2. The SMILES string of the molecule is O=c1c(Cl)c(-c2cnn(Cc3ccc(OC(F)(F)F)cc3)c2)[nH]c2ccccc12. The van der Waals surface area contributed by atoms with Crippen molar-refractivity contribution in [1.82, 2.24) is 14.8 Å². The molecule has 0 fully saturated rings. The van der Waals surface area contributed by atoms with E-state index in [-0.39, 0.29) is 16.2 Å². The van der Waals surface area contributed by atoms with E-state index in [9.17, 15) is 18.0 Å². The van der Waals surface area contributed by atoms with Gasteiger partial charge in [0.15, 0.2) is 0 Å². The molecule has 4 rings (SSSR count). The summed E-state index contributed by atoms with van der Waals surface area (Å²) in [5.74, 6) is -0.289. The lowest BCUT2D eigenvalue weighted by Gasteiger charge is -2.09. The Bertz CT molecular complexity index is 1230. The van der Waals surface area contributed by atoms with E-state index in [0.717, 1.165) is 5.56 Å². The largest absolute Gasteiger partial charge is 0.573 e. The molecule has 2 aromatic heterocycles. The number of hydrogen-bond donors (Lipinski definition) is 1. The molecule has 1 N–H and O–H groups in total. The predicted molar refractivity (Wildman–Crippen MR) is 103 cm³/mol. The number of rotatable bonds is 4. The molecule has 29 heavy (non-hydrogen) atoms. The molecule has 0 unspecified atom stereocenters. The zero-order chi connectivity index (χ0) is 20.6. The van der Waals surface area contributed by atoms with Crippen LogP contribution in [-0.4, -0.2) is 21.1 Å². The van der Waals surface area contributed by atoms with E-state index in [1.807, 2.05) is 6.07 Å². The van der Waals surface area contributed by atoms with Crippen LogP contribution >= 0.6 is 11.6 Å². The maximum absolute atomic E-state index is 12.5. The fourth-order valence-corrected chi connectivity index (χ4v) is 3.23. The number of ether oxygens (including phenoxy) is 1. The molecule has 5 nitrogen and oxygen atoms in total. The highest BCUT2D eigenvalue weighted by molar-refractivity contribution is 6.33. The van der Waals surface area contributed by atoms with Crippen molar-refractivity contribution in [2.45, 2.75) is 12.9 Å². The van der Waals surface area contributed by atoms with Crippen molar-refractivity contribution in [2.75, 3.05) is 0 Å². The van der Waals surface area contributed by atoms with Gasteiger partial charge < -0.3 is 9.72 Å². The summed E-state index contributed by atoms with van der Waals surface area (Å²) < 4.78 is 42.2. The number of alkyl halides is 3. The molecule has 0 saturated carbocycles. The molecule has 0 atom stereocenters. The van der Waals surface area contributed by atoms with Gasteiger partial charge in [-0.05, 0) is 29.8 Å². The highest BCUT2D eigenvalue weighted by atomic mass is 35.5. The first-order chi connectivity index (χ1) is 13.8. The molecule has 0 saturated heterocycles. The number of nitrogens with one attached hydrogen (secondary N) is 1. The van der Waals surface area contributed by atoms with Crippen LogP contribution in [0.5, 0.6) is 5.75 Å². The van der Waals surface area contributed by atoms with Crippen molar-refractivity contribution in [3.05, 3.63) is 81.7 Å². The Kier molecular flexibility index (Phi) is 4.79. The van der Waals surface area contributed by atoms with Crippen LogP contribution in [0.3, 0.4) is 0 Å². The van der Waals surface area contributed by atoms with Gasteiger partial charge in [-0.1, -0.05) is 35.9 Å². The molecule has 148 valence electrons. The Labute approximate surface area is 167 Å². The van der Waals surface area contributed by atoms with Gasteiger partial charge in [-0.2, -0.15) is 5.10 Å². The van der Waals surface area contributed by atoms with Crippen molar-refractivity contribution >= 4 is 22.5 Å². The third-order valence-electron chi connectivity index (χ3n) is 4.27. The number of nitrogens with zero attached hydrogens (tertiary/aromatic N) is 2. The topological polar surface area (TPSA) is 59.9 Å². The Hall–Kier alpha value is -3.26. The molecule has 0 spiro atoms. The maximum atomic E-state index is 12.5. The molecule has 0 amide bonds. The summed E-state index contributed by atoms with van der Waals surface area (Å²) in [6, 6.07) is 12.6. The normalized spacial score (nSPS) is 11.7. The second-order valence-electron chi connectivity index (χ2n) is 6.31. The van der Waals surface area contributed by atoms with E-state index in [1.165, 1.54) is 24.3 Å². The number of pyridine rings is 1. The van der Waals surface area contributed by atoms with E-state index in [0.29, 0.717) is 28.7 Å². The van der Waals surface area contributed by atoms with E-state index in [1.54, 1.807) is 35.3 Å². The van der Waals surface area contributed by atoms with E-state index in [2.05, 4.69) is 14.8 Å². The minimum Gasteiger partial charge on any atom is -0.406 e. The molecule has 0 bridgehead atoms. The molecule has 2 aromatic carbocycles. The van der Waals surface area contributed by atoms with Crippen LogP contribution in [-0.2, 0) is 6.54 Å². The summed E-state index contributed by atoms with van der Waals surface area (Å²) in [6.45, 7) is 0.321. The monoisotopic (exact) mass is 419 g/mol. The summed E-state index contributed by atoms with van der Waals surface area (Å²) in [4.78, 5) is 15.6. The van der Waals surface area contributed by atoms with Crippen molar-refractivity contribution in [3.8, 4) is 17.0 Å². The minimum absolute atomic E-state index is 0.0666. The zero-order valence-corrected chi connectivity index (χ0v) is 15.5. The average Bonchev–Trinajstić information content (AvgIpc) is 3.13. The first kappa shape index (κ1) is 19.1. The minimum atomic E-state index is -4.73. The Balaban J connectivity index is 1.59. The standard InChI is InChI=1S/C20H13ClF3N3O2/c21-17-18(26-16-4-2-1-3-15(16)19(17)28)13-9-25-27(11-13)10-12-5-7-14(8-6-12)29-20(22,23)24/h1-9,11H,10H2,(H,26,28). The Morgan fingerprint density at radius 3 is 2.55 bits per heavy atom. The van der Waals surface area contributed by atoms with Gasteiger partial charge in [0.05, 0.1) is 18.4 Å². The van der Waals surface area contributed by atoms with Gasteiger partial charge in [0.1, 0.15) is 10.8 Å². The molecule has 4 aromatic rings. The second kappa shape index (κ2) is 7.29. The number of H-pyrrole nitrogens is 1. The second-order valence-corrected chi connectivity index (χ2v) is 6.68. The van der Waals surface area contributed by atoms with Crippen molar-refractivity contribution in [3.63, 3.8) is 0 Å². The third kappa shape index (κ3) is 4.12. The Morgan fingerprint density at radius 1 is 1.10 bits per heavy atom. The maximum Gasteiger partial charge on any atom is 0.573 e. The van der Waals surface area contributed by atoms with Crippen LogP contribution in [0.4, 0.5) is 13.2 Å². The average molecular weight is 420 g/mol. The van der Waals surface area contributed by atoms with Crippen molar-refractivity contribution in [1.29, 1.82) is 0 Å². The van der Waals surface area contributed by atoms with Crippen molar-refractivity contribution < 1.29 is 17.9 Å². The van der Waals surface area contributed by atoms with E-state index >= 15 is 0 Å². The number of fused-ring (bicyclic) bond motifs is 1. The smallest absolute Gasteiger partial charge is 0.406 e. The van der Waals surface area contributed by atoms with E-state index < -0.39 is 6.36 Å². The molecule has 0 aliphatic rings. The van der Waals surface area contributed by atoms with Gasteiger partial charge in [0.2, 0.25) is 5.43 Å². The van der Waals surface area contributed by atoms with Crippen molar-refractivity contribution in [2.24, 2.45) is 0 Å². The lowest BCUT2D eigenvalue weighted by atomic mass is 10.1. The predicted octanol–water partition coefficient (Wildman–Crippen LogP) is 4.99. The number of para-hydroxylation sites is 1. The lowest BCUT2D eigenvalue weighted by molar-refractivity contribution is -0.274. The molecular weight excluding hydrogens is 407 g/mol. The molecule has 9 heteroatoms. The number of aromatic amines is 1. The third-order valence-corrected chi connectivity index (χ3v) is 4.63. The molecule has 0 aliphatic heterocycles. The van der Waals surface area contributed by atoms with Gasteiger partial charge in [0.25, 0.3) is 0 Å². The molecule has 2 heterocycles. The summed E-state index contributed by atoms with van der Waals surface area (Å²) in [5, 5.41) is 4.81. The zero-order valence-electron chi connectivity index (χ0n) is 14.7. The summed E-state index contributed by atoms with van der Waals surface area (Å²) >= 11 is 6.26. The van der Waals surface area contributed by atoms with Gasteiger partial charge in [-0.25, -0.2) is 0 Å². The molecule has 0 aliphatic carbocycles. The molecular formula is C20H13ClF3N3O2. The van der Waals surface area contributed by atoms with Crippen LogP contribution in [0, 0.1) is 0 Å². The summed E-state index contributed by atoms with van der Waals surface area (Å²) in [7, 11) is 0. The summed E-state index contributed by atoms with van der Waals surface area (Å²) in [5.41, 5.74) is 2.19. The fourth-order valence-electron chi connectivity index (χ4n) is 2.97. The summed E-state index contributed by atoms with van der Waals surface area (Å²) in [6.07, 6.45) is -1.46. The van der Waals surface area contributed by atoms with Gasteiger partial charge >= 0.3 is 6.36 Å².